The number of hydrogen-bond acceptors (Lipinski definition) is 6. The molecule has 0 spiro atoms. The van der Waals surface area contributed by atoms with Crippen molar-refractivity contribution in [2.75, 3.05) is 79.5 Å². The zero-order chi connectivity index (χ0) is 19.1. The standard InChI is InChI=1S/C19H35N7O/c1-17(15-24-7-5-23(3)6-8-24)14-21-19(20-2)26-11-9-25(10-12-26)16-18-4-13-27-22-18/h4,13,17H,5-12,14-16H2,1-3H3,(H,20,21). The highest BCUT2D eigenvalue weighted by molar-refractivity contribution is 5.80. The summed E-state index contributed by atoms with van der Waals surface area (Å²) in [5, 5.41) is 7.60. The van der Waals surface area contributed by atoms with E-state index in [1.165, 1.54) is 26.2 Å². The van der Waals surface area contributed by atoms with Gasteiger partial charge in [0.25, 0.3) is 0 Å². The Hall–Kier alpha value is -1.64. The monoisotopic (exact) mass is 377 g/mol. The normalized spacial score (nSPS) is 22.2. The minimum absolute atomic E-state index is 0.610. The van der Waals surface area contributed by atoms with Crippen LogP contribution in [0.2, 0.25) is 0 Å². The van der Waals surface area contributed by atoms with E-state index in [9.17, 15) is 0 Å². The van der Waals surface area contributed by atoms with Crippen molar-refractivity contribution in [3.05, 3.63) is 18.0 Å². The van der Waals surface area contributed by atoms with Crippen LogP contribution in [0.15, 0.2) is 21.8 Å². The first-order valence-electron chi connectivity index (χ1n) is 10.1. The molecule has 0 saturated carbocycles. The quantitative estimate of drug-likeness (QED) is 0.563. The van der Waals surface area contributed by atoms with Crippen molar-refractivity contribution < 1.29 is 4.52 Å². The van der Waals surface area contributed by atoms with Gasteiger partial charge >= 0.3 is 0 Å². The second-order valence-electron chi connectivity index (χ2n) is 7.89. The molecule has 2 fully saturated rings. The SMILES string of the molecule is CN=C(NCC(C)CN1CCN(C)CC1)N1CCN(Cc2ccon2)CC1. The molecule has 3 rings (SSSR count). The fraction of sp³-hybridized carbons (Fsp3) is 0.789. The van der Waals surface area contributed by atoms with E-state index >= 15 is 0 Å². The third-order valence-corrected chi connectivity index (χ3v) is 5.53. The molecule has 1 unspecified atom stereocenters. The fourth-order valence-electron chi connectivity index (χ4n) is 3.80. The Bertz CT molecular complexity index is 561. The first-order chi connectivity index (χ1) is 13.1. The molecular formula is C19H35N7O. The molecule has 27 heavy (non-hydrogen) atoms. The highest BCUT2D eigenvalue weighted by Gasteiger charge is 2.21. The number of nitrogens with one attached hydrogen (secondary N) is 1. The van der Waals surface area contributed by atoms with Gasteiger partial charge in [0.15, 0.2) is 5.96 Å². The molecule has 1 N–H and O–H groups in total. The molecule has 152 valence electrons. The summed E-state index contributed by atoms with van der Waals surface area (Å²) in [6.45, 7) is 14.1. The molecule has 8 nitrogen and oxygen atoms in total. The Morgan fingerprint density at radius 2 is 1.85 bits per heavy atom. The van der Waals surface area contributed by atoms with Gasteiger partial charge in [-0.15, -0.1) is 0 Å². The van der Waals surface area contributed by atoms with Gasteiger partial charge in [-0.2, -0.15) is 0 Å². The van der Waals surface area contributed by atoms with Crippen molar-refractivity contribution in [2.24, 2.45) is 10.9 Å². The predicted molar refractivity (Wildman–Crippen MR) is 108 cm³/mol. The van der Waals surface area contributed by atoms with Gasteiger partial charge < -0.3 is 24.5 Å². The van der Waals surface area contributed by atoms with Crippen molar-refractivity contribution in [1.29, 1.82) is 0 Å². The van der Waals surface area contributed by atoms with Crippen LogP contribution in [0.1, 0.15) is 12.6 Å². The number of aromatic nitrogens is 1. The molecule has 0 aromatic carbocycles. The summed E-state index contributed by atoms with van der Waals surface area (Å²) >= 11 is 0. The van der Waals surface area contributed by atoms with E-state index in [1.54, 1.807) is 6.26 Å². The second kappa shape index (κ2) is 10.1. The van der Waals surface area contributed by atoms with Crippen molar-refractivity contribution in [2.45, 2.75) is 13.5 Å². The summed E-state index contributed by atoms with van der Waals surface area (Å²) < 4.78 is 4.92. The highest BCUT2D eigenvalue weighted by atomic mass is 16.5. The number of rotatable bonds is 6. The number of aliphatic imine (C=N–C) groups is 1. The zero-order valence-electron chi connectivity index (χ0n) is 17.1. The Labute approximate surface area is 163 Å². The van der Waals surface area contributed by atoms with Crippen LogP contribution in [-0.4, -0.2) is 110 Å². The molecule has 2 saturated heterocycles. The zero-order valence-corrected chi connectivity index (χ0v) is 17.1. The van der Waals surface area contributed by atoms with Crippen molar-refractivity contribution in [1.82, 2.24) is 30.1 Å². The maximum Gasteiger partial charge on any atom is 0.193 e. The lowest BCUT2D eigenvalue weighted by molar-refractivity contribution is 0.138. The molecule has 0 aliphatic carbocycles. The second-order valence-corrected chi connectivity index (χ2v) is 7.89. The Balaban J connectivity index is 1.36. The Morgan fingerprint density at radius 3 is 2.48 bits per heavy atom. The lowest BCUT2D eigenvalue weighted by Crippen LogP contribution is -2.53. The molecule has 0 radical (unpaired) electrons. The van der Waals surface area contributed by atoms with Crippen LogP contribution in [0.3, 0.4) is 0 Å². The van der Waals surface area contributed by atoms with E-state index in [4.69, 9.17) is 4.52 Å². The van der Waals surface area contributed by atoms with E-state index in [0.29, 0.717) is 5.92 Å². The number of hydrogen-bond donors (Lipinski definition) is 1. The van der Waals surface area contributed by atoms with Gasteiger partial charge in [0, 0.05) is 85.1 Å². The van der Waals surface area contributed by atoms with Crippen LogP contribution in [0.25, 0.3) is 0 Å². The van der Waals surface area contributed by atoms with Crippen LogP contribution < -0.4 is 5.32 Å². The van der Waals surface area contributed by atoms with Crippen LogP contribution in [0, 0.1) is 5.92 Å². The molecule has 0 amide bonds. The van der Waals surface area contributed by atoms with Crippen molar-refractivity contribution >= 4 is 5.96 Å². The number of guanidine groups is 1. The fourth-order valence-corrected chi connectivity index (χ4v) is 3.80. The summed E-state index contributed by atoms with van der Waals surface area (Å²) in [5.74, 6) is 1.64. The molecule has 8 heteroatoms. The molecule has 1 atom stereocenters. The summed E-state index contributed by atoms with van der Waals surface area (Å²) in [5.41, 5.74) is 1.00. The predicted octanol–water partition coefficient (Wildman–Crippen LogP) is 0.251. The smallest absolute Gasteiger partial charge is 0.193 e. The van der Waals surface area contributed by atoms with Crippen LogP contribution in [0.5, 0.6) is 0 Å². The average molecular weight is 378 g/mol. The summed E-state index contributed by atoms with van der Waals surface area (Å²) in [6.07, 6.45) is 1.64. The summed E-state index contributed by atoms with van der Waals surface area (Å²) in [4.78, 5) is 14.3. The molecule has 0 bridgehead atoms. The molecule has 2 aliphatic rings. The van der Waals surface area contributed by atoms with Gasteiger partial charge in [0.2, 0.25) is 0 Å². The lowest BCUT2D eigenvalue weighted by atomic mass is 10.1. The van der Waals surface area contributed by atoms with Crippen LogP contribution in [0.4, 0.5) is 0 Å². The van der Waals surface area contributed by atoms with Gasteiger partial charge in [-0.05, 0) is 13.0 Å². The van der Waals surface area contributed by atoms with Gasteiger partial charge in [0.1, 0.15) is 6.26 Å². The Morgan fingerprint density at radius 1 is 1.15 bits per heavy atom. The summed E-state index contributed by atoms with van der Waals surface area (Å²) in [6, 6.07) is 1.94. The first-order valence-corrected chi connectivity index (χ1v) is 10.1. The van der Waals surface area contributed by atoms with Crippen LogP contribution in [-0.2, 0) is 6.54 Å². The van der Waals surface area contributed by atoms with Crippen LogP contribution >= 0.6 is 0 Å². The number of piperazine rings is 2. The van der Waals surface area contributed by atoms with Crippen molar-refractivity contribution in [3.63, 3.8) is 0 Å². The molecular weight excluding hydrogens is 342 g/mol. The van der Waals surface area contributed by atoms with E-state index in [-0.39, 0.29) is 0 Å². The van der Waals surface area contributed by atoms with Gasteiger partial charge in [-0.3, -0.25) is 9.89 Å². The molecule has 1 aromatic rings. The molecule has 2 aliphatic heterocycles. The third kappa shape index (κ3) is 6.19. The van der Waals surface area contributed by atoms with E-state index in [2.05, 4.69) is 49.0 Å². The minimum atomic E-state index is 0.610. The maximum atomic E-state index is 4.92. The first kappa shape index (κ1) is 20.1. The highest BCUT2D eigenvalue weighted by Crippen LogP contribution is 2.08. The van der Waals surface area contributed by atoms with Gasteiger partial charge in [-0.1, -0.05) is 12.1 Å². The van der Waals surface area contributed by atoms with Crippen molar-refractivity contribution in [3.8, 4) is 0 Å². The lowest BCUT2D eigenvalue weighted by Gasteiger charge is -2.37. The van der Waals surface area contributed by atoms with Gasteiger partial charge in [-0.25, -0.2) is 0 Å². The van der Waals surface area contributed by atoms with Gasteiger partial charge in [0.05, 0.1) is 5.69 Å². The minimum Gasteiger partial charge on any atom is -0.364 e. The molecule has 1 aromatic heterocycles. The Kier molecular flexibility index (Phi) is 7.49. The maximum absolute atomic E-state index is 4.92. The van der Waals surface area contributed by atoms with E-state index in [0.717, 1.165) is 57.5 Å². The topological polar surface area (TPSA) is 63.4 Å². The average Bonchev–Trinajstić information content (AvgIpc) is 3.18. The molecule has 3 heterocycles. The summed E-state index contributed by atoms with van der Waals surface area (Å²) in [7, 11) is 4.09. The van der Waals surface area contributed by atoms with E-state index < -0.39 is 0 Å². The number of likely N-dealkylation sites (N-methyl/N-ethyl adjacent to an activating group) is 1. The van der Waals surface area contributed by atoms with E-state index in [1.807, 2.05) is 13.1 Å². The third-order valence-electron chi connectivity index (χ3n) is 5.53. The number of nitrogens with zero attached hydrogens (tertiary/aromatic N) is 6. The largest absolute Gasteiger partial charge is 0.364 e.